The number of alkyl halides is 3. The number of aromatic nitrogens is 2. The molecule has 0 radical (unpaired) electrons. The molecule has 1 aliphatic rings. The maximum Gasteiger partial charge on any atom is 0.393 e. The lowest BCUT2D eigenvalue weighted by molar-refractivity contribution is -0.126. The fourth-order valence-electron chi connectivity index (χ4n) is 3.05. The first-order valence-electron chi connectivity index (χ1n) is 7.51. The Morgan fingerprint density at radius 1 is 1.30 bits per heavy atom. The molecule has 0 bridgehead atoms. The van der Waals surface area contributed by atoms with Crippen LogP contribution in [0, 0.1) is 0 Å². The second-order valence-corrected chi connectivity index (χ2v) is 6.92. The van der Waals surface area contributed by atoms with Gasteiger partial charge in [-0.25, -0.2) is 0 Å². The van der Waals surface area contributed by atoms with Crippen molar-refractivity contribution in [1.82, 2.24) is 9.97 Å². The number of ether oxygens (including phenoxy) is 1. The molecule has 1 fully saturated rings. The van der Waals surface area contributed by atoms with Crippen LogP contribution >= 0.6 is 11.3 Å². The Balaban J connectivity index is 2.03. The molecule has 0 aromatic carbocycles. The molecule has 8 heteroatoms. The van der Waals surface area contributed by atoms with Gasteiger partial charge in [0.05, 0.1) is 18.9 Å². The van der Waals surface area contributed by atoms with Gasteiger partial charge in [0.15, 0.2) is 0 Å². The van der Waals surface area contributed by atoms with Gasteiger partial charge < -0.3 is 9.64 Å². The van der Waals surface area contributed by atoms with Gasteiger partial charge in [-0.15, -0.1) is 11.3 Å². The molecular weight excluding hydrogens is 327 g/mol. The summed E-state index contributed by atoms with van der Waals surface area (Å²) in [5, 5.41) is 0.671. The molecule has 0 spiro atoms. The molecule has 3 rings (SSSR count). The summed E-state index contributed by atoms with van der Waals surface area (Å²) >= 11 is 1.05. The lowest BCUT2D eigenvalue weighted by atomic mass is 10.2. The minimum Gasteiger partial charge on any atom is -0.467 e. The normalized spacial score (nSPS) is 16.2. The molecule has 0 aliphatic heterocycles. The summed E-state index contributed by atoms with van der Waals surface area (Å²) in [5.74, 6) is 0.656. The molecule has 0 saturated heterocycles. The molecule has 1 saturated carbocycles. The summed E-state index contributed by atoms with van der Waals surface area (Å²) in [6.45, 7) is 0. The van der Waals surface area contributed by atoms with E-state index in [2.05, 4.69) is 14.9 Å². The van der Waals surface area contributed by atoms with Gasteiger partial charge in [-0.2, -0.15) is 23.1 Å². The highest BCUT2D eigenvalue weighted by molar-refractivity contribution is 7.18. The van der Waals surface area contributed by atoms with E-state index >= 15 is 0 Å². The molecule has 23 heavy (non-hydrogen) atoms. The van der Waals surface area contributed by atoms with E-state index in [4.69, 9.17) is 4.74 Å². The third kappa shape index (κ3) is 3.52. The largest absolute Gasteiger partial charge is 0.467 e. The first kappa shape index (κ1) is 16.3. The average Bonchev–Trinajstić information content (AvgIpc) is 3.12. The highest BCUT2D eigenvalue weighted by Crippen LogP contribution is 2.37. The Hall–Kier alpha value is -1.57. The Morgan fingerprint density at radius 3 is 2.61 bits per heavy atom. The van der Waals surface area contributed by atoms with Gasteiger partial charge in [0.1, 0.15) is 10.6 Å². The van der Waals surface area contributed by atoms with Crippen LogP contribution in [0.25, 0.3) is 10.2 Å². The van der Waals surface area contributed by atoms with Crippen LogP contribution in [0.3, 0.4) is 0 Å². The molecule has 0 N–H and O–H groups in total. The SMILES string of the molecule is COc1nc(N(C)C2CCCC2)c2cc(CC(F)(F)F)sc2n1. The Kier molecular flexibility index (Phi) is 4.35. The van der Waals surface area contributed by atoms with Gasteiger partial charge >= 0.3 is 12.2 Å². The monoisotopic (exact) mass is 345 g/mol. The molecule has 0 amide bonds. The van der Waals surface area contributed by atoms with Gasteiger partial charge in [-0.05, 0) is 18.9 Å². The zero-order valence-electron chi connectivity index (χ0n) is 13.0. The number of hydrogen-bond donors (Lipinski definition) is 0. The number of halogens is 3. The maximum atomic E-state index is 12.7. The number of methoxy groups -OCH3 is 1. The number of nitrogens with zero attached hydrogens (tertiary/aromatic N) is 3. The third-order valence-electron chi connectivity index (χ3n) is 4.17. The number of hydrogen-bond acceptors (Lipinski definition) is 5. The van der Waals surface area contributed by atoms with E-state index in [1.165, 1.54) is 20.0 Å². The molecule has 1 aliphatic carbocycles. The summed E-state index contributed by atoms with van der Waals surface area (Å²) in [6, 6.07) is 2.12. The fourth-order valence-corrected chi connectivity index (χ4v) is 4.09. The highest BCUT2D eigenvalue weighted by Gasteiger charge is 2.30. The minimum absolute atomic E-state index is 0.192. The van der Waals surface area contributed by atoms with Crippen molar-refractivity contribution in [2.24, 2.45) is 0 Å². The fraction of sp³-hybridized carbons (Fsp3) is 0.600. The molecule has 2 aromatic rings. The van der Waals surface area contributed by atoms with Crippen molar-refractivity contribution in [3.63, 3.8) is 0 Å². The van der Waals surface area contributed by atoms with Crippen molar-refractivity contribution in [2.45, 2.75) is 44.3 Å². The zero-order chi connectivity index (χ0) is 16.6. The van der Waals surface area contributed by atoms with Crippen molar-refractivity contribution in [1.29, 1.82) is 0 Å². The van der Waals surface area contributed by atoms with Crippen molar-refractivity contribution >= 4 is 27.4 Å². The van der Waals surface area contributed by atoms with Gasteiger partial charge in [-0.1, -0.05) is 12.8 Å². The number of fused-ring (bicyclic) bond motifs is 1. The predicted octanol–water partition coefficient (Wildman–Crippen LogP) is 4.18. The van der Waals surface area contributed by atoms with Crippen LogP contribution in [0.2, 0.25) is 0 Å². The van der Waals surface area contributed by atoms with E-state index in [0.29, 0.717) is 22.1 Å². The summed E-state index contributed by atoms with van der Waals surface area (Å²) in [5.41, 5.74) is 0. The van der Waals surface area contributed by atoms with Gasteiger partial charge in [-0.3, -0.25) is 0 Å². The Bertz CT molecular complexity index is 695. The topological polar surface area (TPSA) is 38.2 Å². The number of anilines is 1. The predicted molar refractivity (Wildman–Crippen MR) is 84.4 cm³/mol. The van der Waals surface area contributed by atoms with Gasteiger partial charge in [0.2, 0.25) is 0 Å². The first-order valence-corrected chi connectivity index (χ1v) is 8.33. The van der Waals surface area contributed by atoms with E-state index in [9.17, 15) is 13.2 Å². The molecule has 0 atom stereocenters. The molecule has 2 heterocycles. The van der Waals surface area contributed by atoms with Crippen LogP contribution in [0.15, 0.2) is 6.07 Å². The summed E-state index contributed by atoms with van der Waals surface area (Å²) in [4.78, 5) is 11.4. The minimum atomic E-state index is -4.23. The molecule has 126 valence electrons. The summed E-state index contributed by atoms with van der Waals surface area (Å²) in [6.07, 6.45) is -0.681. The number of rotatable bonds is 4. The zero-order valence-corrected chi connectivity index (χ0v) is 13.8. The summed E-state index contributed by atoms with van der Waals surface area (Å²) in [7, 11) is 3.41. The van der Waals surface area contributed by atoms with E-state index < -0.39 is 12.6 Å². The second kappa shape index (κ2) is 6.14. The van der Waals surface area contributed by atoms with Crippen molar-refractivity contribution < 1.29 is 17.9 Å². The lowest BCUT2D eigenvalue weighted by Gasteiger charge is -2.26. The van der Waals surface area contributed by atoms with E-state index in [-0.39, 0.29) is 10.9 Å². The standard InChI is InChI=1S/C15H18F3N3OS/c1-21(9-5-3-4-6-9)12-11-7-10(8-15(16,17)18)23-13(11)20-14(19-12)22-2/h7,9H,3-6,8H2,1-2H3. The van der Waals surface area contributed by atoms with Crippen molar-refractivity contribution in [3.8, 4) is 6.01 Å². The van der Waals surface area contributed by atoms with Crippen molar-refractivity contribution in [2.75, 3.05) is 19.1 Å². The summed E-state index contributed by atoms with van der Waals surface area (Å²) < 4.78 is 43.1. The first-order chi connectivity index (χ1) is 10.9. The Labute approximate surface area is 136 Å². The quantitative estimate of drug-likeness (QED) is 0.833. The van der Waals surface area contributed by atoms with E-state index in [1.54, 1.807) is 6.07 Å². The smallest absolute Gasteiger partial charge is 0.393 e. The maximum absolute atomic E-state index is 12.7. The van der Waals surface area contributed by atoms with Crippen LogP contribution < -0.4 is 9.64 Å². The lowest BCUT2D eigenvalue weighted by Crippen LogP contribution is -2.29. The van der Waals surface area contributed by atoms with Gasteiger partial charge in [0, 0.05) is 18.0 Å². The van der Waals surface area contributed by atoms with Gasteiger partial charge in [0.25, 0.3) is 0 Å². The van der Waals surface area contributed by atoms with Crippen LogP contribution in [-0.2, 0) is 6.42 Å². The molecule has 0 unspecified atom stereocenters. The van der Waals surface area contributed by atoms with Crippen molar-refractivity contribution in [3.05, 3.63) is 10.9 Å². The highest BCUT2D eigenvalue weighted by atomic mass is 32.1. The second-order valence-electron chi connectivity index (χ2n) is 5.81. The van der Waals surface area contributed by atoms with E-state index in [1.807, 2.05) is 7.05 Å². The molecule has 4 nitrogen and oxygen atoms in total. The van der Waals surface area contributed by atoms with Crippen LogP contribution in [-0.4, -0.2) is 36.3 Å². The Morgan fingerprint density at radius 2 is 2.00 bits per heavy atom. The van der Waals surface area contributed by atoms with E-state index in [0.717, 1.165) is 24.2 Å². The van der Waals surface area contributed by atoms with Crippen LogP contribution in [0.1, 0.15) is 30.6 Å². The van der Waals surface area contributed by atoms with Crippen LogP contribution in [0.4, 0.5) is 19.0 Å². The third-order valence-corrected chi connectivity index (χ3v) is 5.20. The molecule has 2 aromatic heterocycles. The molecular formula is C15H18F3N3OS. The van der Waals surface area contributed by atoms with Crippen LogP contribution in [0.5, 0.6) is 6.01 Å². The average molecular weight is 345 g/mol. The number of thiophene rings is 1.